The molecule has 2 aliphatic rings. The Kier molecular flexibility index (Phi) is 3.44. The van der Waals surface area contributed by atoms with Crippen molar-refractivity contribution in [1.29, 1.82) is 0 Å². The van der Waals surface area contributed by atoms with Gasteiger partial charge in [0.25, 0.3) is 0 Å². The average Bonchev–Trinajstić information content (AvgIpc) is 2.86. The number of rotatable bonds is 2. The van der Waals surface area contributed by atoms with Gasteiger partial charge in [0.1, 0.15) is 0 Å². The van der Waals surface area contributed by atoms with E-state index in [2.05, 4.69) is 54.5 Å². The Labute approximate surface area is 135 Å². The number of hydrogen-bond acceptors (Lipinski definition) is 2. The predicted octanol–water partition coefficient (Wildman–Crippen LogP) is 4.80. The Bertz CT molecular complexity index is 726. The summed E-state index contributed by atoms with van der Waals surface area (Å²) in [5.41, 5.74) is 4.82. The van der Waals surface area contributed by atoms with Crippen LogP contribution >= 0.6 is 11.6 Å². The highest BCUT2D eigenvalue weighted by atomic mass is 35.5. The van der Waals surface area contributed by atoms with E-state index in [1.54, 1.807) is 0 Å². The SMILES string of the molecule is Cc1c(Cl)ccc2c1N1O[C@H](C2)C[C@H]1/C=C/c1ccccc1. The van der Waals surface area contributed by atoms with Gasteiger partial charge in [0.15, 0.2) is 0 Å². The molecule has 0 aliphatic carbocycles. The third kappa shape index (κ3) is 2.33. The summed E-state index contributed by atoms with van der Waals surface area (Å²) in [5, 5.41) is 2.86. The number of benzene rings is 2. The molecular formula is C19H18ClNO. The lowest BCUT2D eigenvalue weighted by Crippen LogP contribution is -2.31. The number of fused-ring (bicyclic) bond motifs is 4. The molecular weight excluding hydrogens is 294 g/mol. The minimum Gasteiger partial charge on any atom is -0.269 e. The first-order valence-corrected chi connectivity index (χ1v) is 8.07. The lowest BCUT2D eigenvalue weighted by Gasteiger charge is -2.31. The largest absolute Gasteiger partial charge is 0.269 e. The van der Waals surface area contributed by atoms with Gasteiger partial charge < -0.3 is 0 Å². The van der Waals surface area contributed by atoms with Crippen molar-refractivity contribution in [1.82, 2.24) is 0 Å². The molecule has 22 heavy (non-hydrogen) atoms. The first kappa shape index (κ1) is 13.9. The molecule has 0 amide bonds. The van der Waals surface area contributed by atoms with Gasteiger partial charge in [0, 0.05) is 17.9 Å². The highest BCUT2D eigenvalue weighted by Gasteiger charge is 2.39. The maximum absolute atomic E-state index is 6.30. The lowest BCUT2D eigenvalue weighted by atomic mass is 10.0. The summed E-state index contributed by atoms with van der Waals surface area (Å²) in [6, 6.07) is 14.8. The molecule has 2 aliphatic heterocycles. The van der Waals surface area contributed by atoms with E-state index in [0.29, 0.717) is 0 Å². The van der Waals surface area contributed by atoms with Crippen LogP contribution in [0.4, 0.5) is 5.69 Å². The van der Waals surface area contributed by atoms with E-state index in [-0.39, 0.29) is 12.1 Å². The van der Waals surface area contributed by atoms with Gasteiger partial charge in [0.2, 0.25) is 0 Å². The molecule has 2 nitrogen and oxygen atoms in total. The van der Waals surface area contributed by atoms with Crippen LogP contribution in [0.15, 0.2) is 48.5 Å². The zero-order valence-electron chi connectivity index (χ0n) is 12.5. The molecule has 2 aromatic carbocycles. The lowest BCUT2D eigenvalue weighted by molar-refractivity contribution is 0.0750. The maximum Gasteiger partial charge on any atom is 0.0921 e. The zero-order valence-corrected chi connectivity index (χ0v) is 13.3. The Hall–Kier alpha value is -1.77. The van der Waals surface area contributed by atoms with Crippen LogP contribution in [0.2, 0.25) is 5.02 Å². The average molecular weight is 312 g/mol. The second kappa shape index (κ2) is 5.45. The molecule has 0 saturated carbocycles. The van der Waals surface area contributed by atoms with Crippen molar-refractivity contribution in [3.8, 4) is 0 Å². The minimum atomic E-state index is 0.267. The van der Waals surface area contributed by atoms with Crippen LogP contribution in [0.5, 0.6) is 0 Å². The van der Waals surface area contributed by atoms with Crippen LogP contribution in [0.25, 0.3) is 6.08 Å². The van der Waals surface area contributed by atoms with Crippen molar-refractivity contribution >= 4 is 23.4 Å². The van der Waals surface area contributed by atoms with Crippen molar-refractivity contribution in [3.63, 3.8) is 0 Å². The van der Waals surface area contributed by atoms with Crippen molar-refractivity contribution in [2.45, 2.75) is 31.9 Å². The predicted molar refractivity (Wildman–Crippen MR) is 91.1 cm³/mol. The fraction of sp³-hybridized carbons (Fsp3) is 0.263. The van der Waals surface area contributed by atoms with Gasteiger partial charge in [0.05, 0.1) is 17.8 Å². The van der Waals surface area contributed by atoms with Crippen LogP contribution in [-0.4, -0.2) is 12.1 Å². The van der Waals surface area contributed by atoms with Gasteiger partial charge in [-0.15, -0.1) is 0 Å². The minimum absolute atomic E-state index is 0.267. The van der Waals surface area contributed by atoms with Crippen LogP contribution in [0.1, 0.15) is 23.1 Å². The van der Waals surface area contributed by atoms with Crippen molar-refractivity contribution in [3.05, 3.63) is 70.3 Å². The number of hydrogen-bond donors (Lipinski definition) is 0. The monoisotopic (exact) mass is 311 g/mol. The number of halogens is 1. The maximum atomic E-state index is 6.30. The Morgan fingerprint density at radius 3 is 2.82 bits per heavy atom. The zero-order chi connectivity index (χ0) is 15.1. The summed E-state index contributed by atoms with van der Waals surface area (Å²) < 4.78 is 0. The van der Waals surface area contributed by atoms with Crippen molar-refractivity contribution in [2.75, 3.05) is 5.06 Å². The second-order valence-electron chi connectivity index (χ2n) is 6.01. The van der Waals surface area contributed by atoms with E-state index >= 15 is 0 Å². The number of nitrogens with zero attached hydrogens (tertiary/aromatic N) is 1. The fourth-order valence-electron chi connectivity index (χ4n) is 3.38. The molecule has 4 rings (SSSR count). The summed E-state index contributed by atoms with van der Waals surface area (Å²) in [6.45, 7) is 2.07. The van der Waals surface area contributed by atoms with Crippen LogP contribution in [-0.2, 0) is 11.3 Å². The summed E-state index contributed by atoms with van der Waals surface area (Å²) in [4.78, 5) is 6.08. The normalized spacial score (nSPS) is 23.1. The van der Waals surface area contributed by atoms with Gasteiger partial charge >= 0.3 is 0 Å². The third-order valence-electron chi connectivity index (χ3n) is 4.50. The van der Waals surface area contributed by atoms with Crippen LogP contribution in [0, 0.1) is 6.92 Å². The Morgan fingerprint density at radius 2 is 2.00 bits per heavy atom. The molecule has 1 fully saturated rings. The molecule has 0 unspecified atom stereocenters. The van der Waals surface area contributed by atoms with Gasteiger partial charge in [-0.2, -0.15) is 0 Å². The first-order chi connectivity index (χ1) is 10.7. The molecule has 0 N–H and O–H groups in total. The Morgan fingerprint density at radius 1 is 1.18 bits per heavy atom. The standard InChI is InChI=1S/C19H18ClNO/c1-13-18(20)10-8-15-11-17-12-16(21(22-17)19(13)15)9-7-14-5-3-2-4-6-14/h2-10,16-17H,11-12H2,1H3/b9-7+/t16-,17-/m1/s1. The van der Waals surface area contributed by atoms with E-state index in [1.807, 2.05) is 12.1 Å². The van der Waals surface area contributed by atoms with E-state index < -0.39 is 0 Å². The second-order valence-corrected chi connectivity index (χ2v) is 6.42. The van der Waals surface area contributed by atoms with E-state index in [1.165, 1.54) is 11.1 Å². The number of hydroxylamine groups is 1. The summed E-state index contributed by atoms with van der Waals surface area (Å²) in [7, 11) is 0. The molecule has 0 radical (unpaired) electrons. The summed E-state index contributed by atoms with van der Waals surface area (Å²) in [5.74, 6) is 0. The van der Waals surface area contributed by atoms with E-state index in [9.17, 15) is 0 Å². The molecule has 2 bridgehead atoms. The molecule has 1 saturated heterocycles. The molecule has 2 atom stereocenters. The number of anilines is 1. The van der Waals surface area contributed by atoms with Crippen LogP contribution < -0.4 is 5.06 Å². The highest BCUT2D eigenvalue weighted by molar-refractivity contribution is 6.31. The molecule has 0 aromatic heterocycles. The van der Waals surface area contributed by atoms with Crippen molar-refractivity contribution < 1.29 is 4.84 Å². The molecule has 0 spiro atoms. The van der Waals surface area contributed by atoms with E-state index in [0.717, 1.165) is 29.1 Å². The molecule has 3 heteroatoms. The third-order valence-corrected chi connectivity index (χ3v) is 4.90. The van der Waals surface area contributed by atoms with Gasteiger partial charge in [-0.05, 0) is 29.7 Å². The summed E-state index contributed by atoms with van der Waals surface area (Å²) in [6.07, 6.45) is 6.69. The topological polar surface area (TPSA) is 12.5 Å². The van der Waals surface area contributed by atoms with E-state index in [4.69, 9.17) is 16.4 Å². The molecule has 2 heterocycles. The summed E-state index contributed by atoms with van der Waals surface area (Å²) >= 11 is 6.30. The van der Waals surface area contributed by atoms with Gasteiger partial charge in [-0.25, -0.2) is 5.06 Å². The highest BCUT2D eigenvalue weighted by Crippen LogP contribution is 2.42. The smallest absolute Gasteiger partial charge is 0.0921 e. The van der Waals surface area contributed by atoms with Crippen molar-refractivity contribution in [2.24, 2.45) is 0 Å². The molecule has 2 aromatic rings. The fourth-order valence-corrected chi connectivity index (χ4v) is 3.53. The Balaban J connectivity index is 1.67. The van der Waals surface area contributed by atoms with Crippen LogP contribution in [0.3, 0.4) is 0 Å². The first-order valence-electron chi connectivity index (χ1n) is 7.69. The van der Waals surface area contributed by atoms with Gasteiger partial charge in [-0.1, -0.05) is 60.2 Å². The molecule has 112 valence electrons. The van der Waals surface area contributed by atoms with Gasteiger partial charge in [-0.3, -0.25) is 4.84 Å². The quantitative estimate of drug-likeness (QED) is 0.790.